The molecule has 0 aliphatic carbocycles. The third-order valence-corrected chi connectivity index (χ3v) is 3.01. The molecule has 3 N–H and O–H groups in total. The van der Waals surface area contributed by atoms with Crippen LogP contribution in [0.1, 0.15) is 0 Å². The van der Waals surface area contributed by atoms with Crippen LogP contribution >= 0.6 is 15.9 Å². The van der Waals surface area contributed by atoms with Gasteiger partial charge in [-0.25, -0.2) is 9.59 Å². The molecule has 0 aliphatic rings. The average Bonchev–Trinajstić information content (AvgIpc) is 2.40. The van der Waals surface area contributed by atoms with Gasteiger partial charge in [-0.3, -0.25) is 10.1 Å². The first-order valence-corrected chi connectivity index (χ1v) is 6.37. The Bertz CT molecular complexity index is 565. The van der Waals surface area contributed by atoms with Gasteiger partial charge < -0.3 is 20.5 Å². The number of ether oxygens (including phenoxy) is 1. The summed E-state index contributed by atoms with van der Waals surface area (Å²) >= 11 is 3.01. The van der Waals surface area contributed by atoms with Crippen LogP contribution < -0.4 is 10.6 Å². The highest BCUT2D eigenvalue weighted by Crippen LogP contribution is 2.27. The standard InChI is InChI=1S/C11H12BrN3O6/c1-21-5-8(10(16)17)14-11(18)13-6-2-3-7(12)9(4-6)15(19)20/h2-4,8H,5H2,1H3,(H,16,17)(H2,13,14,18). The summed E-state index contributed by atoms with van der Waals surface area (Å²) in [5.74, 6) is -1.26. The second kappa shape index (κ2) is 7.55. The molecule has 9 nitrogen and oxygen atoms in total. The van der Waals surface area contributed by atoms with Crippen LogP contribution in [0.25, 0.3) is 0 Å². The predicted octanol–water partition coefficient (Wildman–Crippen LogP) is 1.58. The van der Waals surface area contributed by atoms with E-state index in [-0.39, 0.29) is 22.5 Å². The van der Waals surface area contributed by atoms with E-state index in [1.54, 1.807) is 0 Å². The Morgan fingerprint density at radius 2 is 2.19 bits per heavy atom. The number of carboxylic acids is 1. The van der Waals surface area contributed by atoms with E-state index < -0.39 is 23.0 Å². The third-order valence-electron chi connectivity index (χ3n) is 2.34. The topological polar surface area (TPSA) is 131 Å². The summed E-state index contributed by atoms with van der Waals surface area (Å²) in [7, 11) is 1.30. The van der Waals surface area contributed by atoms with Gasteiger partial charge in [0.15, 0.2) is 6.04 Å². The number of aliphatic carboxylic acids is 1. The van der Waals surface area contributed by atoms with Crippen molar-refractivity contribution in [3.63, 3.8) is 0 Å². The minimum atomic E-state index is -1.26. The number of nitrogens with zero attached hydrogens (tertiary/aromatic N) is 1. The van der Waals surface area contributed by atoms with Crippen molar-refractivity contribution in [1.29, 1.82) is 0 Å². The molecule has 1 unspecified atom stereocenters. The van der Waals surface area contributed by atoms with Crippen molar-refractivity contribution >= 4 is 39.3 Å². The molecule has 0 heterocycles. The number of nitrogens with one attached hydrogen (secondary N) is 2. The number of carbonyl (C=O) groups excluding carboxylic acids is 1. The largest absolute Gasteiger partial charge is 0.480 e. The van der Waals surface area contributed by atoms with Gasteiger partial charge in [0.2, 0.25) is 0 Å². The summed E-state index contributed by atoms with van der Waals surface area (Å²) in [4.78, 5) is 32.6. The van der Waals surface area contributed by atoms with E-state index in [2.05, 4.69) is 31.3 Å². The number of nitro groups is 1. The van der Waals surface area contributed by atoms with Gasteiger partial charge in [-0.2, -0.15) is 0 Å². The predicted molar refractivity (Wildman–Crippen MR) is 76.3 cm³/mol. The van der Waals surface area contributed by atoms with Crippen LogP contribution in [-0.4, -0.2) is 41.8 Å². The highest BCUT2D eigenvalue weighted by molar-refractivity contribution is 9.10. The van der Waals surface area contributed by atoms with E-state index in [4.69, 9.17) is 5.11 Å². The smallest absolute Gasteiger partial charge is 0.328 e. The van der Waals surface area contributed by atoms with Crippen molar-refractivity contribution in [3.05, 3.63) is 32.8 Å². The minimum Gasteiger partial charge on any atom is -0.480 e. The van der Waals surface area contributed by atoms with E-state index in [1.807, 2.05) is 0 Å². The van der Waals surface area contributed by atoms with Crippen LogP contribution in [0.5, 0.6) is 0 Å². The minimum absolute atomic E-state index is 0.156. The highest BCUT2D eigenvalue weighted by Gasteiger charge is 2.20. The van der Waals surface area contributed by atoms with Crippen molar-refractivity contribution < 1.29 is 24.4 Å². The number of nitro benzene ring substituents is 1. The number of rotatable bonds is 6. The summed E-state index contributed by atoms with van der Waals surface area (Å²) < 4.78 is 4.93. The summed E-state index contributed by atoms with van der Waals surface area (Å²) in [6.45, 7) is -0.205. The number of carboxylic acid groups (broad SMARTS) is 1. The summed E-state index contributed by atoms with van der Waals surface area (Å²) in [6, 6.07) is 1.95. The fraction of sp³-hybridized carbons (Fsp3) is 0.273. The van der Waals surface area contributed by atoms with Crippen LogP contribution in [-0.2, 0) is 9.53 Å². The molecule has 1 atom stereocenters. The molecule has 10 heteroatoms. The highest BCUT2D eigenvalue weighted by atomic mass is 79.9. The van der Waals surface area contributed by atoms with E-state index in [1.165, 1.54) is 19.2 Å². The van der Waals surface area contributed by atoms with Crippen molar-refractivity contribution in [3.8, 4) is 0 Å². The van der Waals surface area contributed by atoms with E-state index in [0.717, 1.165) is 6.07 Å². The lowest BCUT2D eigenvalue weighted by molar-refractivity contribution is -0.385. The van der Waals surface area contributed by atoms with E-state index >= 15 is 0 Å². The number of urea groups is 1. The molecule has 1 aromatic carbocycles. The van der Waals surface area contributed by atoms with Gasteiger partial charge in [-0.05, 0) is 28.1 Å². The SMILES string of the molecule is COCC(NC(=O)Nc1ccc(Br)c([N+](=O)[O-])c1)C(=O)O. The molecule has 0 fully saturated rings. The van der Waals surface area contributed by atoms with Crippen LogP contribution in [0.3, 0.4) is 0 Å². The Kier molecular flexibility index (Phi) is 6.06. The fourth-order valence-electron chi connectivity index (χ4n) is 1.40. The second-order valence-electron chi connectivity index (χ2n) is 3.87. The van der Waals surface area contributed by atoms with Gasteiger partial charge in [0.1, 0.15) is 0 Å². The number of hydrogen-bond donors (Lipinski definition) is 3. The number of methoxy groups -OCH3 is 1. The molecular weight excluding hydrogens is 350 g/mol. The lowest BCUT2D eigenvalue weighted by Crippen LogP contribution is -2.45. The number of carbonyl (C=O) groups is 2. The second-order valence-corrected chi connectivity index (χ2v) is 4.72. The van der Waals surface area contributed by atoms with Gasteiger partial charge in [0.05, 0.1) is 16.0 Å². The summed E-state index contributed by atoms with van der Waals surface area (Å²) in [5.41, 5.74) is -0.0663. The monoisotopic (exact) mass is 361 g/mol. The summed E-state index contributed by atoms with van der Waals surface area (Å²) in [5, 5.41) is 24.1. The van der Waals surface area contributed by atoms with Crippen LogP contribution in [0.15, 0.2) is 22.7 Å². The average molecular weight is 362 g/mol. The first-order valence-electron chi connectivity index (χ1n) is 5.58. The molecular formula is C11H12BrN3O6. The molecule has 0 bridgehead atoms. The molecule has 0 saturated heterocycles. The Labute approximate surface area is 127 Å². The molecule has 21 heavy (non-hydrogen) atoms. The van der Waals surface area contributed by atoms with Gasteiger partial charge >= 0.3 is 12.0 Å². The Morgan fingerprint density at radius 1 is 1.52 bits per heavy atom. The number of amides is 2. The lowest BCUT2D eigenvalue weighted by Gasteiger charge is -2.14. The molecule has 0 aliphatic heterocycles. The first kappa shape index (κ1) is 16.9. The molecule has 1 aromatic rings. The Balaban J connectivity index is 2.77. The maximum atomic E-state index is 11.6. The van der Waals surface area contributed by atoms with Gasteiger partial charge in [-0.15, -0.1) is 0 Å². The number of hydrogen-bond acceptors (Lipinski definition) is 5. The van der Waals surface area contributed by atoms with E-state index in [9.17, 15) is 19.7 Å². The fourth-order valence-corrected chi connectivity index (χ4v) is 1.79. The zero-order chi connectivity index (χ0) is 16.0. The molecule has 1 rings (SSSR count). The molecule has 0 saturated carbocycles. The van der Waals surface area contributed by atoms with Gasteiger partial charge in [0.25, 0.3) is 5.69 Å². The van der Waals surface area contributed by atoms with Crippen LogP contribution in [0, 0.1) is 10.1 Å². The Morgan fingerprint density at radius 3 is 2.71 bits per heavy atom. The van der Waals surface area contributed by atoms with Gasteiger partial charge in [0, 0.05) is 18.9 Å². The maximum Gasteiger partial charge on any atom is 0.328 e. The molecule has 0 spiro atoms. The van der Waals surface area contributed by atoms with Crippen molar-refractivity contribution in [2.45, 2.75) is 6.04 Å². The van der Waals surface area contributed by atoms with Crippen molar-refractivity contribution in [2.75, 3.05) is 19.0 Å². The van der Waals surface area contributed by atoms with Gasteiger partial charge in [-0.1, -0.05) is 0 Å². The van der Waals surface area contributed by atoms with Crippen molar-refractivity contribution in [1.82, 2.24) is 5.32 Å². The zero-order valence-electron chi connectivity index (χ0n) is 10.8. The number of halogens is 1. The van der Waals surface area contributed by atoms with Crippen LogP contribution in [0.4, 0.5) is 16.2 Å². The third kappa shape index (κ3) is 5.00. The molecule has 114 valence electrons. The van der Waals surface area contributed by atoms with E-state index in [0.29, 0.717) is 0 Å². The molecule has 0 aromatic heterocycles. The molecule has 2 amide bonds. The van der Waals surface area contributed by atoms with Crippen molar-refractivity contribution in [2.24, 2.45) is 0 Å². The lowest BCUT2D eigenvalue weighted by atomic mass is 10.3. The Hall–Kier alpha value is -2.20. The number of anilines is 1. The van der Waals surface area contributed by atoms with Crippen LogP contribution in [0.2, 0.25) is 0 Å². The zero-order valence-corrected chi connectivity index (χ0v) is 12.4. The normalized spacial score (nSPS) is 11.5. The quantitative estimate of drug-likeness (QED) is 0.520. The maximum absolute atomic E-state index is 11.6. The first-order chi connectivity index (χ1) is 9.85. The molecule has 0 radical (unpaired) electrons. The number of benzene rings is 1. The summed E-state index contributed by atoms with van der Waals surface area (Å²) in [6.07, 6.45) is 0.